The highest BCUT2D eigenvalue weighted by Crippen LogP contribution is 2.26. The first-order valence-electron chi connectivity index (χ1n) is 7.33. The van der Waals surface area contributed by atoms with Crippen molar-refractivity contribution in [2.75, 3.05) is 0 Å². The van der Waals surface area contributed by atoms with Crippen LogP contribution in [-0.2, 0) is 9.63 Å². The molecule has 0 aromatic heterocycles. The fourth-order valence-corrected chi connectivity index (χ4v) is 2.19. The minimum atomic E-state index is -1.42. The van der Waals surface area contributed by atoms with Crippen LogP contribution in [-0.4, -0.2) is 27.4 Å². The number of carbonyl (C=O) groups excluding carboxylic acids is 1. The van der Waals surface area contributed by atoms with Crippen LogP contribution in [0.1, 0.15) is 25.0 Å². The van der Waals surface area contributed by atoms with Gasteiger partial charge in [-0.1, -0.05) is 42.4 Å². The third kappa shape index (κ3) is 5.04. The molecule has 0 aliphatic rings. The summed E-state index contributed by atoms with van der Waals surface area (Å²) in [5.74, 6) is -0.552. The first kappa shape index (κ1) is 19.0. The lowest BCUT2D eigenvalue weighted by atomic mass is 10.00. The Morgan fingerprint density at radius 3 is 2.00 bits per heavy atom. The maximum atomic E-state index is 11.7. The molecule has 2 aromatic carbocycles. The number of halogens is 1. The summed E-state index contributed by atoms with van der Waals surface area (Å²) in [6, 6.07) is 14.3. The van der Waals surface area contributed by atoms with Crippen LogP contribution in [0.4, 0.5) is 0 Å². The summed E-state index contributed by atoms with van der Waals surface area (Å²) >= 11 is 5.88. The van der Waals surface area contributed by atoms with E-state index in [1.54, 1.807) is 36.4 Å². The van der Waals surface area contributed by atoms with Gasteiger partial charge in [0.25, 0.3) is 0 Å². The molecule has 2 aromatic rings. The summed E-state index contributed by atoms with van der Waals surface area (Å²) in [5, 5.41) is 17.1. The average Bonchev–Trinajstić information content (AvgIpc) is 2.54. The van der Waals surface area contributed by atoms with Crippen molar-refractivity contribution < 1.29 is 24.8 Å². The molecular weight excluding hydrogens is 346 g/mol. The maximum absolute atomic E-state index is 11.7. The maximum Gasteiger partial charge on any atom is 0.373 e. The van der Waals surface area contributed by atoms with Gasteiger partial charge in [-0.25, -0.2) is 4.79 Å². The Kier molecular flexibility index (Phi) is 5.81. The van der Waals surface area contributed by atoms with E-state index in [-0.39, 0.29) is 0 Å². The number of ether oxygens (including phenoxy) is 1. The number of hydrogen-bond acceptors (Lipinski definition) is 6. The zero-order chi connectivity index (χ0) is 18.6. The van der Waals surface area contributed by atoms with Gasteiger partial charge in [0.05, 0.1) is 0 Å². The molecule has 0 radical (unpaired) electrons. The SMILES string of the molecule is C=C(c1ccc(Cl)cc1)c1ccc(OC(C)(C)C(=O)ON(O)O)cc1. The van der Waals surface area contributed by atoms with Crippen LogP contribution in [0.15, 0.2) is 55.1 Å². The highest BCUT2D eigenvalue weighted by atomic mass is 35.5. The largest absolute Gasteiger partial charge is 0.476 e. The lowest BCUT2D eigenvalue weighted by Gasteiger charge is -2.24. The molecule has 0 bridgehead atoms. The molecule has 2 N–H and O–H groups in total. The second-order valence-corrected chi connectivity index (χ2v) is 6.19. The lowest BCUT2D eigenvalue weighted by molar-refractivity contribution is -0.471. The number of carbonyl (C=O) groups is 1. The van der Waals surface area contributed by atoms with Crippen molar-refractivity contribution >= 4 is 23.1 Å². The molecular formula is C18H18ClNO5. The second-order valence-electron chi connectivity index (χ2n) is 5.75. The first-order chi connectivity index (χ1) is 11.7. The van der Waals surface area contributed by atoms with Crippen LogP contribution in [0.2, 0.25) is 5.02 Å². The molecule has 0 fully saturated rings. The smallest absolute Gasteiger partial charge is 0.373 e. The van der Waals surface area contributed by atoms with Gasteiger partial charge in [-0.15, -0.1) is 0 Å². The summed E-state index contributed by atoms with van der Waals surface area (Å²) in [6.45, 7) is 6.96. The van der Waals surface area contributed by atoms with Crippen molar-refractivity contribution in [3.05, 3.63) is 71.3 Å². The zero-order valence-corrected chi connectivity index (χ0v) is 14.5. The highest BCUT2D eigenvalue weighted by molar-refractivity contribution is 6.30. The van der Waals surface area contributed by atoms with E-state index in [1.807, 2.05) is 12.1 Å². The van der Waals surface area contributed by atoms with E-state index >= 15 is 0 Å². The number of rotatable bonds is 6. The van der Waals surface area contributed by atoms with Crippen molar-refractivity contribution in [2.24, 2.45) is 0 Å². The number of benzene rings is 2. The molecule has 0 aliphatic heterocycles. The first-order valence-corrected chi connectivity index (χ1v) is 7.71. The van der Waals surface area contributed by atoms with Crippen molar-refractivity contribution in [3.63, 3.8) is 0 Å². The van der Waals surface area contributed by atoms with E-state index in [0.717, 1.165) is 16.7 Å². The van der Waals surface area contributed by atoms with Crippen LogP contribution in [0.25, 0.3) is 5.57 Å². The minimum absolute atomic E-state index is 0.414. The predicted octanol–water partition coefficient (Wildman–Crippen LogP) is 4.10. The molecule has 0 unspecified atom stereocenters. The van der Waals surface area contributed by atoms with Gasteiger partial charge in [0.1, 0.15) is 11.1 Å². The molecule has 7 heteroatoms. The Bertz CT molecular complexity index is 754. The summed E-state index contributed by atoms with van der Waals surface area (Å²) in [7, 11) is 0. The van der Waals surface area contributed by atoms with E-state index in [0.29, 0.717) is 10.8 Å². The van der Waals surface area contributed by atoms with E-state index in [4.69, 9.17) is 26.8 Å². The number of hydrogen-bond donors (Lipinski definition) is 2. The molecule has 0 amide bonds. The van der Waals surface area contributed by atoms with Crippen LogP contribution in [0, 0.1) is 0 Å². The normalized spacial score (nSPS) is 11.3. The zero-order valence-electron chi connectivity index (χ0n) is 13.8. The van der Waals surface area contributed by atoms with Gasteiger partial charge in [0.15, 0.2) is 0 Å². The van der Waals surface area contributed by atoms with Crippen molar-refractivity contribution in [2.45, 2.75) is 19.4 Å². The standard InChI is InChI=1S/C18H18ClNO5/c1-12(13-4-8-15(19)9-5-13)14-6-10-16(11-7-14)24-18(2,3)17(21)25-20(22)23/h4-11,22-23H,1H2,2-3H3. The molecule has 0 saturated heterocycles. The Morgan fingerprint density at radius 1 is 1.04 bits per heavy atom. The van der Waals surface area contributed by atoms with E-state index in [9.17, 15) is 4.79 Å². The van der Waals surface area contributed by atoms with Crippen LogP contribution >= 0.6 is 11.6 Å². The molecule has 0 aliphatic carbocycles. The molecule has 6 nitrogen and oxygen atoms in total. The topological polar surface area (TPSA) is 79.2 Å². The van der Waals surface area contributed by atoms with Crippen LogP contribution < -0.4 is 4.74 Å². The highest BCUT2D eigenvalue weighted by Gasteiger charge is 2.33. The molecule has 2 rings (SSSR count). The molecule has 0 heterocycles. The third-order valence-corrected chi connectivity index (χ3v) is 3.68. The summed E-state index contributed by atoms with van der Waals surface area (Å²) in [6.07, 6.45) is 0. The Morgan fingerprint density at radius 2 is 1.52 bits per heavy atom. The van der Waals surface area contributed by atoms with E-state index in [1.165, 1.54) is 13.8 Å². The summed E-state index contributed by atoms with van der Waals surface area (Å²) in [4.78, 5) is 15.9. The van der Waals surface area contributed by atoms with Gasteiger partial charge in [-0.3, -0.25) is 10.4 Å². The lowest BCUT2D eigenvalue weighted by Crippen LogP contribution is -2.42. The van der Waals surface area contributed by atoms with E-state index < -0.39 is 17.0 Å². The van der Waals surface area contributed by atoms with Crippen LogP contribution in [0.5, 0.6) is 5.75 Å². The molecule has 0 saturated carbocycles. The van der Waals surface area contributed by atoms with Gasteiger partial charge in [-0.05, 0) is 54.8 Å². The average molecular weight is 364 g/mol. The van der Waals surface area contributed by atoms with Gasteiger partial charge in [0, 0.05) is 5.02 Å². The third-order valence-electron chi connectivity index (χ3n) is 3.42. The monoisotopic (exact) mass is 363 g/mol. The van der Waals surface area contributed by atoms with Gasteiger partial charge in [0.2, 0.25) is 5.60 Å². The second kappa shape index (κ2) is 7.67. The Labute approximate surface area is 150 Å². The van der Waals surface area contributed by atoms with Crippen molar-refractivity contribution in [1.29, 1.82) is 0 Å². The van der Waals surface area contributed by atoms with Crippen molar-refractivity contribution in [3.8, 4) is 5.75 Å². The van der Waals surface area contributed by atoms with Gasteiger partial charge in [-0.2, -0.15) is 0 Å². The molecule has 0 spiro atoms. The summed E-state index contributed by atoms with van der Waals surface area (Å²) < 4.78 is 5.55. The fraction of sp³-hybridized carbons (Fsp3) is 0.167. The quantitative estimate of drug-likeness (QED) is 0.752. The summed E-state index contributed by atoms with van der Waals surface area (Å²) in [5.41, 5.74) is 1.22. The Hall–Kier alpha value is -2.38. The molecule has 0 atom stereocenters. The van der Waals surface area contributed by atoms with Crippen molar-refractivity contribution in [1.82, 2.24) is 5.39 Å². The van der Waals surface area contributed by atoms with Gasteiger partial charge >= 0.3 is 5.97 Å². The minimum Gasteiger partial charge on any atom is -0.476 e. The fourth-order valence-electron chi connectivity index (χ4n) is 2.06. The Balaban J connectivity index is 2.10. The molecule has 25 heavy (non-hydrogen) atoms. The van der Waals surface area contributed by atoms with Crippen LogP contribution in [0.3, 0.4) is 0 Å². The number of nitrogens with zero attached hydrogens (tertiary/aromatic N) is 1. The van der Waals surface area contributed by atoms with Gasteiger partial charge < -0.3 is 9.57 Å². The molecule has 132 valence electrons. The van der Waals surface area contributed by atoms with E-state index in [2.05, 4.69) is 11.4 Å². The predicted molar refractivity (Wildman–Crippen MR) is 92.2 cm³/mol.